The van der Waals surface area contributed by atoms with Crippen molar-refractivity contribution in [3.05, 3.63) is 44.9 Å². The molecular formula is C16H16NO4S-. The van der Waals surface area contributed by atoms with Crippen molar-refractivity contribution in [2.24, 2.45) is 0 Å². The van der Waals surface area contributed by atoms with Crippen molar-refractivity contribution in [3.8, 4) is 5.75 Å². The highest BCUT2D eigenvalue weighted by Crippen LogP contribution is 2.23. The Morgan fingerprint density at radius 1 is 1.27 bits per heavy atom. The van der Waals surface area contributed by atoms with E-state index in [2.05, 4.69) is 11.1 Å². The molecule has 0 spiro atoms. The fourth-order valence-corrected chi connectivity index (χ4v) is 2.76. The van der Waals surface area contributed by atoms with Crippen LogP contribution in [0.3, 0.4) is 0 Å². The molecule has 0 aliphatic heterocycles. The summed E-state index contributed by atoms with van der Waals surface area (Å²) in [5.74, 6) is -0.808. The molecule has 2 aromatic rings. The van der Waals surface area contributed by atoms with Gasteiger partial charge in [0.25, 0.3) is 0 Å². The van der Waals surface area contributed by atoms with Crippen LogP contribution < -0.4 is 9.84 Å². The first kappa shape index (κ1) is 16.2. The van der Waals surface area contributed by atoms with Gasteiger partial charge >= 0.3 is 0 Å². The highest BCUT2D eigenvalue weighted by molar-refractivity contribution is 7.11. The zero-order chi connectivity index (χ0) is 16.3. The normalized spacial score (nSPS) is 10.5. The molecule has 0 atom stereocenters. The van der Waals surface area contributed by atoms with Crippen LogP contribution in [0, 0.1) is 20.8 Å². The summed E-state index contributed by atoms with van der Waals surface area (Å²) in [6, 6.07) is 3.94. The number of carbonyl (C=O) groups is 2. The van der Waals surface area contributed by atoms with Crippen molar-refractivity contribution in [2.75, 3.05) is 6.61 Å². The van der Waals surface area contributed by atoms with Gasteiger partial charge in [-0.3, -0.25) is 4.79 Å². The van der Waals surface area contributed by atoms with Gasteiger partial charge in [-0.15, -0.1) is 11.3 Å². The minimum atomic E-state index is -1.22. The van der Waals surface area contributed by atoms with Gasteiger partial charge < -0.3 is 14.6 Å². The van der Waals surface area contributed by atoms with Crippen LogP contribution in [0.5, 0.6) is 5.75 Å². The van der Waals surface area contributed by atoms with Crippen molar-refractivity contribution < 1.29 is 19.4 Å². The largest absolute Gasteiger partial charge is 0.550 e. The van der Waals surface area contributed by atoms with Crippen molar-refractivity contribution in [1.29, 1.82) is 0 Å². The molecule has 1 aromatic heterocycles. The van der Waals surface area contributed by atoms with E-state index in [-0.39, 0.29) is 23.8 Å². The maximum absolute atomic E-state index is 12.1. The SMILES string of the molecule is Cc1cc(C)c(C)c(OCC(=O)c2nc(CC(=O)[O-])cs2)c1. The third kappa shape index (κ3) is 3.92. The standard InChI is InChI=1S/C16H17NO4S/c1-9-4-10(2)11(3)14(5-9)21-7-13(18)16-17-12(8-22-16)6-15(19)20/h4-5,8H,6-7H2,1-3H3,(H,19,20)/p-1. The molecule has 0 aliphatic carbocycles. The number of Topliss-reactive ketones (excluding diaryl/α,β-unsaturated/α-hetero) is 1. The third-order valence-electron chi connectivity index (χ3n) is 3.24. The smallest absolute Gasteiger partial charge is 0.228 e. The zero-order valence-corrected chi connectivity index (χ0v) is 13.5. The number of benzene rings is 1. The summed E-state index contributed by atoms with van der Waals surface area (Å²) < 4.78 is 5.59. The first-order chi connectivity index (χ1) is 10.4. The molecule has 5 nitrogen and oxygen atoms in total. The van der Waals surface area contributed by atoms with Crippen molar-refractivity contribution in [2.45, 2.75) is 27.2 Å². The van der Waals surface area contributed by atoms with Crippen LogP contribution in [0.4, 0.5) is 0 Å². The Balaban J connectivity index is 2.04. The predicted molar refractivity (Wildman–Crippen MR) is 81.3 cm³/mol. The lowest BCUT2D eigenvalue weighted by Crippen LogP contribution is -2.24. The molecule has 6 heteroatoms. The van der Waals surface area contributed by atoms with Gasteiger partial charge in [0.2, 0.25) is 5.78 Å². The van der Waals surface area contributed by atoms with Gasteiger partial charge in [-0.1, -0.05) is 6.07 Å². The van der Waals surface area contributed by atoms with E-state index < -0.39 is 5.97 Å². The van der Waals surface area contributed by atoms with Crippen LogP contribution in [-0.4, -0.2) is 23.3 Å². The van der Waals surface area contributed by atoms with Gasteiger partial charge in [0, 0.05) is 17.8 Å². The minimum absolute atomic E-state index is 0.123. The molecule has 0 amide bonds. The van der Waals surface area contributed by atoms with Crippen LogP contribution >= 0.6 is 11.3 Å². The summed E-state index contributed by atoms with van der Waals surface area (Å²) in [6.07, 6.45) is -0.291. The average Bonchev–Trinajstić information content (AvgIpc) is 2.88. The lowest BCUT2D eigenvalue weighted by atomic mass is 10.1. The van der Waals surface area contributed by atoms with Gasteiger partial charge in [-0.05, 0) is 43.5 Å². The number of hydrogen-bond acceptors (Lipinski definition) is 6. The van der Waals surface area contributed by atoms with E-state index in [1.807, 2.05) is 26.8 Å². The predicted octanol–water partition coefficient (Wildman–Crippen LogP) is 1.62. The first-order valence-electron chi connectivity index (χ1n) is 6.75. The maximum Gasteiger partial charge on any atom is 0.228 e. The Morgan fingerprint density at radius 3 is 2.68 bits per heavy atom. The molecule has 22 heavy (non-hydrogen) atoms. The number of aryl methyl sites for hydroxylation is 2. The molecule has 0 fully saturated rings. The molecule has 0 aliphatic rings. The lowest BCUT2D eigenvalue weighted by molar-refractivity contribution is -0.304. The van der Waals surface area contributed by atoms with E-state index in [0.717, 1.165) is 28.0 Å². The first-order valence-corrected chi connectivity index (χ1v) is 7.63. The van der Waals surface area contributed by atoms with Gasteiger partial charge in [0.1, 0.15) is 5.75 Å². The Hall–Kier alpha value is -2.21. The summed E-state index contributed by atoms with van der Waals surface area (Å²) in [5, 5.41) is 12.3. The molecule has 0 unspecified atom stereocenters. The highest BCUT2D eigenvalue weighted by Gasteiger charge is 2.13. The fraction of sp³-hybridized carbons (Fsp3) is 0.312. The Labute approximate surface area is 132 Å². The van der Waals surface area contributed by atoms with Crippen LogP contribution in [0.15, 0.2) is 17.5 Å². The topological polar surface area (TPSA) is 79.3 Å². The lowest BCUT2D eigenvalue weighted by Gasteiger charge is -2.11. The minimum Gasteiger partial charge on any atom is -0.550 e. The number of carbonyl (C=O) groups excluding carboxylic acids is 2. The number of rotatable bonds is 6. The number of nitrogens with zero attached hydrogens (tertiary/aromatic N) is 1. The second-order valence-corrected chi connectivity index (χ2v) is 5.97. The number of hydrogen-bond donors (Lipinski definition) is 0. The summed E-state index contributed by atoms with van der Waals surface area (Å²) in [6.45, 7) is 5.77. The van der Waals surface area contributed by atoms with Crippen molar-refractivity contribution >= 4 is 23.1 Å². The van der Waals surface area contributed by atoms with Crippen molar-refractivity contribution in [3.63, 3.8) is 0 Å². The molecule has 1 aromatic carbocycles. The number of ether oxygens (including phenoxy) is 1. The van der Waals surface area contributed by atoms with E-state index in [1.165, 1.54) is 0 Å². The molecule has 1 heterocycles. The van der Waals surface area contributed by atoms with Crippen LogP contribution in [0.2, 0.25) is 0 Å². The summed E-state index contributed by atoms with van der Waals surface area (Å²) in [7, 11) is 0. The third-order valence-corrected chi connectivity index (χ3v) is 4.17. The average molecular weight is 318 g/mol. The molecule has 0 bridgehead atoms. The second-order valence-electron chi connectivity index (χ2n) is 5.11. The Bertz CT molecular complexity index is 721. The quantitative estimate of drug-likeness (QED) is 0.756. The molecular weight excluding hydrogens is 302 g/mol. The second kappa shape index (κ2) is 6.70. The molecule has 0 saturated carbocycles. The van der Waals surface area contributed by atoms with Crippen LogP contribution in [0.1, 0.15) is 32.2 Å². The van der Waals surface area contributed by atoms with Crippen LogP contribution in [0.25, 0.3) is 0 Å². The number of carboxylic acids is 1. The van der Waals surface area contributed by atoms with Gasteiger partial charge in [0.15, 0.2) is 11.6 Å². The molecule has 0 radical (unpaired) electrons. The van der Waals surface area contributed by atoms with E-state index in [4.69, 9.17) is 4.74 Å². The highest BCUT2D eigenvalue weighted by atomic mass is 32.1. The van der Waals surface area contributed by atoms with E-state index >= 15 is 0 Å². The fourth-order valence-electron chi connectivity index (χ4n) is 2.02. The Kier molecular flexibility index (Phi) is 4.92. The molecule has 116 valence electrons. The molecule has 2 rings (SSSR count). The van der Waals surface area contributed by atoms with Gasteiger partial charge in [-0.25, -0.2) is 4.98 Å². The van der Waals surface area contributed by atoms with E-state index in [0.29, 0.717) is 11.4 Å². The number of aliphatic carboxylic acids is 1. The zero-order valence-electron chi connectivity index (χ0n) is 12.6. The molecule has 0 N–H and O–H groups in total. The number of carboxylic acid groups (broad SMARTS) is 1. The Morgan fingerprint density at radius 2 is 2.00 bits per heavy atom. The van der Waals surface area contributed by atoms with Gasteiger partial charge in [0.05, 0.1) is 5.69 Å². The van der Waals surface area contributed by atoms with Crippen LogP contribution in [-0.2, 0) is 11.2 Å². The monoisotopic (exact) mass is 318 g/mol. The maximum atomic E-state index is 12.1. The summed E-state index contributed by atoms with van der Waals surface area (Å²) in [5.41, 5.74) is 3.50. The summed E-state index contributed by atoms with van der Waals surface area (Å²) in [4.78, 5) is 26.6. The van der Waals surface area contributed by atoms with Gasteiger partial charge in [-0.2, -0.15) is 0 Å². The molecule has 0 saturated heterocycles. The number of aromatic nitrogens is 1. The number of thiazole rings is 1. The van der Waals surface area contributed by atoms with E-state index in [9.17, 15) is 14.7 Å². The number of ketones is 1. The van der Waals surface area contributed by atoms with E-state index in [1.54, 1.807) is 5.38 Å². The van der Waals surface area contributed by atoms with Crippen molar-refractivity contribution in [1.82, 2.24) is 4.98 Å². The summed E-state index contributed by atoms with van der Waals surface area (Å²) >= 11 is 1.11.